The molecule has 2 aromatic rings. The first-order valence-electron chi connectivity index (χ1n) is 9.32. The van der Waals surface area contributed by atoms with Gasteiger partial charge in [0.1, 0.15) is 19.8 Å². The van der Waals surface area contributed by atoms with Gasteiger partial charge in [-0.2, -0.15) is 4.31 Å². The third-order valence-corrected chi connectivity index (χ3v) is 7.18. The minimum absolute atomic E-state index is 0.272. The lowest BCUT2D eigenvalue weighted by Gasteiger charge is -2.32. The summed E-state index contributed by atoms with van der Waals surface area (Å²) in [6.07, 6.45) is 0. The van der Waals surface area contributed by atoms with Crippen molar-refractivity contribution in [2.75, 3.05) is 39.4 Å². The van der Waals surface area contributed by atoms with E-state index in [0.717, 1.165) is 19.6 Å². The first-order valence-corrected chi connectivity index (χ1v) is 10.8. The van der Waals surface area contributed by atoms with Crippen molar-refractivity contribution in [3.8, 4) is 11.5 Å². The normalized spacial score (nSPS) is 18.4. The number of nitrogens with one attached hydrogen (secondary N) is 1. The second-order valence-corrected chi connectivity index (χ2v) is 9.00. The van der Waals surface area contributed by atoms with Gasteiger partial charge < -0.3 is 14.4 Å². The molecule has 1 N–H and O–H groups in total. The fourth-order valence-corrected chi connectivity index (χ4v) is 5.09. The van der Waals surface area contributed by atoms with Gasteiger partial charge in [0.2, 0.25) is 10.0 Å². The smallest absolute Gasteiger partial charge is 0.243 e. The van der Waals surface area contributed by atoms with E-state index in [9.17, 15) is 8.42 Å². The minimum Gasteiger partial charge on any atom is -0.486 e. The largest absolute Gasteiger partial charge is 0.486 e. The Kier molecular flexibility index (Phi) is 5.08. The molecule has 0 spiro atoms. The Morgan fingerprint density at radius 2 is 1.70 bits per heavy atom. The summed E-state index contributed by atoms with van der Waals surface area (Å²) >= 11 is 0. The number of hydrogen-bond donors (Lipinski definition) is 1. The number of aryl methyl sites for hydroxylation is 1. The number of ether oxygens (including phenoxy) is 2. The standard InChI is InChI=1S/C20H24N2O4S/c1-16-4-2-3-5-17(16)15-21-8-10-22(11-9-21)27(23,24)18-6-7-19-20(14-18)26-13-12-25-19/h2-7,14H,8-13,15H2,1H3/p+1. The molecule has 0 atom stereocenters. The highest BCUT2D eigenvalue weighted by atomic mass is 32.2. The van der Waals surface area contributed by atoms with E-state index >= 15 is 0 Å². The molecule has 2 aliphatic heterocycles. The van der Waals surface area contributed by atoms with Crippen LogP contribution in [0.15, 0.2) is 47.4 Å². The average Bonchev–Trinajstić information content (AvgIpc) is 2.70. The van der Waals surface area contributed by atoms with Gasteiger partial charge in [0.05, 0.1) is 31.1 Å². The maximum atomic E-state index is 13.0. The number of sulfonamides is 1. The second-order valence-electron chi connectivity index (χ2n) is 7.06. The molecule has 0 saturated carbocycles. The molecule has 0 amide bonds. The summed E-state index contributed by atoms with van der Waals surface area (Å²) < 4.78 is 38.6. The van der Waals surface area contributed by atoms with E-state index < -0.39 is 10.0 Å². The molecule has 2 aromatic carbocycles. The van der Waals surface area contributed by atoms with Crippen LogP contribution >= 0.6 is 0 Å². The van der Waals surface area contributed by atoms with E-state index in [2.05, 4.69) is 25.1 Å². The van der Waals surface area contributed by atoms with Crippen LogP contribution < -0.4 is 14.4 Å². The van der Waals surface area contributed by atoms with Crippen molar-refractivity contribution in [2.45, 2.75) is 18.4 Å². The summed E-state index contributed by atoms with van der Waals surface area (Å²) in [6, 6.07) is 13.3. The second kappa shape index (κ2) is 7.50. The quantitative estimate of drug-likeness (QED) is 0.843. The van der Waals surface area contributed by atoms with E-state index in [1.165, 1.54) is 16.0 Å². The summed E-state index contributed by atoms with van der Waals surface area (Å²) in [5, 5.41) is 0. The molecule has 144 valence electrons. The van der Waals surface area contributed by atoms with Crippen LogP contribution in [0.5, 0.6) is 11.5 Å². The number of hydrogen-bond acceptors (Lipinski definition) is 4. The predicted octanol–water partition coefficient (Wildman–Crippen LogP) is 0.856. The van der Waals surface area contributed by atoms with Crippen LogP contribution in [0.2, 0.25) is 0 Å². The Labute approximate surface area is 160 Å². The van der Waals surface area contributed by atoms with Crippen molar-refractivity contribution < 1.29 is 22.8 Å². The highest BCUT2D eigenvalue weighted by Gasteiger charge is 2.31. The lowest BCUT2D eigenvalue weighted by molar-refractivity contribution is -0.917. The van der Waals surface area contributed by atoms with Gasteiger partial charge in [-0.3, -0.25) is 0 Å². The molecule has 0 unspecified atom stereocenters. The van der Waals surface area contributed by atoms with E-state index in [4.69, 9.17) is 9.47 Å². The van der Waals surface area contributed by atoms with Crippen molar-refractivity contribution in [1.29, 1.82) is 0 Å². The van der Waals surface area contributed by atoms with Crippen molar-refractivity contribution in [3.63, 3.8) is 0 Å². The van der Waals surface area contributed by atoms with Crippen LogP contribution in [0, 0.1) is 6.92 Å². The lowest BCUT2D eigenvalue weighted by Crippen LogP contribution is -3.13. The SMILES string of the molecule is Cc1ccccc1C[NH+]1CCN(S(=O)(=O)c2ccc3c(c2)OCCO3)CC1. The highest BCUT2D eigenvalue weighted by Crippen LogP contribution is 2.33. The summed E-state index contributed by atoms with van der Waals surface area (Å²) in [4.78, 5) is 1.69. The van der Waals surface area contributed by atoms with Crippen LogP contribution in [0.4, 0.5) is 0 Å². The van der Waals surface area contributed by atoms with E-state index in [-0.39, 0.29) is 4.90 Å². The average molecular weight is 389 g/mol. The summed E-state index contributed by atoms with van der Waals surface area (Å²) in [6.45, 7) is 6.65. The molecule has 0 radical (unpaired) electrons. The maximum Gasteiger partial charge on any atom is 0.243 e. The van der Waals surface area contributed by atoms with Gasteiger partial charge >= 0.3 is 0 Å². The molecular formula is C20H25N2O4S+. The third kappa shape index (κ3) is 3.81. The van der Waals surface area contributed by atoms with Crippen molar-refractivity contribution in [3.05, 3.63) is 53.6 Å². The molecule has 0 aromatic heterocycles. The summed E-state index contributed by atoms with van der Waals surface area (Å²) in [5.41, 5.74) is 2.62. The first-order chi connectivity index (χ1) is 13.0. The van der Waals surface area contributed by atoms with Gasteiger partial charge in [0.25, 0.3) is 0 Å². The van der Waals surface area contributed by atoms with Gasteiger partial charge in [-0.1, -0.05) is 24.3 Å². The Morgan fingerprint density at radius 3 is 2.44 bits per heavy atom. The lowest BCUT2D eigenvalue weighted by atomic mass is 10.1. The summed E-state index contributed by atoms with van der Waals surface area (Å²) in [5.74, 6) is 1.11. The first kappa shape index (κ1) is 18.3. The third-order valence-electron chi connectivity index (χ3n) is 5.28. The fourth-order valence-electron chi connectivity index (χ4n) is 3.63. The molecule has 6 nitrogen and oxygen atoms in total. The molecular weight excluding hydrogens is 364 g/mol. The number of rotatable bonds is 4. The zero-order valence-electron chi connectivity index (χ0n) is 15.5. The molecule has 1 saturated heterocycles. The van der Waals surface area contributed by atoms with Gasteiger partial charge in [-0.25, -0.2) is 8.42 Å². The van der Waals surface area contributed by atoms with Crippen molar-refractivity contribution in [2.24, 2.45) is 0 Å². The number of benzene rings is 2. The van der Waals surface area contributed by atoms with Gasteiger partial charge in [0.15, 0.2) is 11.5 Å². The Balaban J connectivity index is 1.43. The van der Waals surface area contributed by atoms with Gasteiger partial charge in [0, 0.05) is 11.6 Å². The van der Waals surface area contributed by atoms with Crippen LogP contribution in [0.25, 0.3) is 0 Å². The number of nitrogens with zero attached hydrogens (tertiary/aromatic N) is 1. The Bertz CT molecular complexity index is 921. The van der Waals surface area contributed by atoms with Crippen molar-refractivity contribution >= 4 is 10.0 Å². The summed E-state index contributed by atoms with van der Waals surface area (Å²) in [7, 11) is -3.52. The maximum absolute atomic E-state index is 13.0. The molecule has 7 heteroatoms. The van der Waals surface area contributed by atoms with Gasteiger partial charge in [-0.15, -0.1) is 0 Å². The molecule has 2 heterocycles. The van der Waals surface area contributed by atoms with Crippen LogP contribution in [0.3, 0.4) is 0 Å². The Morgan fingerprint density at radius 1 is 1.00 bits per heavy atom. The monoisotopic (exact) mass is 389 g/mol. The topological polar surface area (TPSA) is 60.3 Å². The zero-order valence-corrected chi connectivity index (χ0v) is 16.3. The molecule has 27 heavy (non-hydrogen) atoms. The minimum atomic E-state index is -3.52. The van der Waals surface area contributed by atoms with Crippen molar-refractivity contribution in [1.82, 2.24) is 4.31 Å². The molecule has 4 rings (SSSR count). The van der Waals surface area contributed by atoms with Gasteiger partial charge in [-0.05, 0) is 24.6 Å². The fraction of sp³-hybridized carbons (Fsp3) is 0.400. The van der Waals surface area contributed by atoms with E-state index in [0.29, 0.717) is 37.8 Å². The van der Waals surface area contributed by atoms with E-state index in [1.54, 1.807) is 22.5 Å². The molecule has 0 aliphatic carbocycles. The molecule has 1 fully saturated rings. The molecule has 0 bridgehead atoms. The number of piperazine rings is 1. The number of quaternary nitrogens is 1. The Hall–Kier alpha value is -2.09. The zero-order chi connectivity index (χ0) is 18.9. The van der Waals surface area contributed by atoms with Crippen LogP contribution in [-0.4, -0.2) is 52.1 Å². The molecule has 2 aliphatic rings. The predicted molar refractivity (Wildman–Crippen MR) is 102 cm³/mol. The highest BCUT2D eigenvalue weighted by molar-refractivity contribution is 7.89. The number of fused-ring (bicyclic) bond motifs is 1. The van der Waals surface area contributed by atoms with Crippen LogP contribution in [-0.2, 0) is 16.6 Å². The van der Waals surface area contributed by atoms with Crippen LogP contribution in [0.1, 0.15) is 11.1 Å². The van der Waals surface area contributed by atoms with E-state index in [1.807, 2.05) is 6.07 Å².